The van der Waals surface area contributed by atoms with E-state index in [2.05, 4.69) is 22.4 Å². The lowest BCUT2D eigenvalue weighted by Crippen LogP contribution is -2.29. The predicted molar refractivity (Wildman–Crippen MR) is 90.0 cm³/mol. The molecule has 0 aliphatic carbocycles. The standard InChI is InChI=1S/C17H24N4O3/c1-4-9-23-14-5-7-15(8-6-14)24-11-17(22)18-10-16-20-19-12-21(16)13(2)3/h5-8,12-13H,4,9-11H2,1-3H3,(H,18,22). The second-order valence-electron chi connectivity index (χ2n) is 5.63. The second kappa shape index (κ2) is 8.90. The lowest BCUT2D eigenvalue weighted by molar-refractivity contribution is -0.123. The first-order valence-corrected chi connectivity index (χ1v) is 8.11. The van der Waals surface area contributed by atoms with Gasteiger partial charge in [0.15, 0.2) is 12.4 Å². The summed E-state index contributed by atoms with van der Waals surface area (Å²) in [6.45, 7) is 7.08. The molecule has 2 rings (SSSR count). The highest BCUT2D eigenvalue weighted by Gasteiger charge is 2.09. The number of hydrogen-bond donors (Lipinski definition) is 1. The number of rotatable bonds is 9. The van der Waals surface area contributed by atoms with Crippen molar-refractivity contribution in [1.29, 1.82) is 0 Å². The zero-order valence-electron chi connectivity index (χ0n) is 14.4. The molecule has 0 fully saturated rings. The SMILES string of the molecule is CCCOc1ccc(OCC(=O)NCc2nncn2C(C)C)cc1. The van der Waals surface area contributed by atoms with Crippen molar-refractivity contribution in [3.8, 4) is 11.5 Å². The predicted octanol–water partition coefficient (Wildman–Crippen LogP) is 2.34. The van der Waals surface area contributed by atoms with Gasteiger partial charge < -0.3 is 19.4 Å². The van der Waals surface area contributed by atoms with Crippen LogP contribution in [0.4, 0.5) is 0 Å². The van der Waals surface area contributed by atoms with Gasteiger partial charge in [-0.1, -0.05) is 6.92 Å². The summed E-state index contributed by atoms with van der Waals surface area (Å²) in [5, 5.41) is 10.6. The monoisotopic (exact) mass is 332 g/mol. The van der Waals surface area contributed by atoms with Crippen LogP contribution in [0.25, 0.3) is 0 Å². The maximum atomic E-state index is 11.9. The van der Waals surface area contributed by atoms with Crippen LogP contribution in [-0.2, 0) is 11.3 Å². The third-order valence-electron chi connectivity index (χ3n) is 3.31. The molecule has 0 radical (unpaired) electrons. The van der Waals surface area contributed by atoms with Crippen molar-refractivity contribution in [2.24, 2.45) is 0 Å². The Hall–Kier alpha value is -2.57. The van der Waals surface area contributed by atoms with Crippen molar-refractivity contribution in [3.63, 3.8) is 0 Å². The zero-order chi connectivity index (χ0) is 17.4. The van der Waals surface area contributed by atoms with Crippen LogP contribution in [0.5, 0.6) is 11.5 Å². The molecule has 7 nitrogen and oxygen atoms in total. The molecule has 1 amide bonds. The van der Waals surface area contributed by atoms with Crippen molar-refractivity contribution in [1.82, 2.24) is 20.1 Å². The van der Waals surface area contributed by atoms with E-state index in [0.29, 0.717) is 18.9 Å². The molecule has 24 heavy (non-hydrogen) atoms. The van der Waals surface area contributed by atoms with Crippen molar-refractivity contribution < 1.29 is 14.3 Å². The molecular formula is C17H24N4O3. The Bertz CT molecular complexity index is 638. The fourth-order valence-corrected chi connectivity index (χ4v) is 2.05. The quantitative estimate of drug-likeness (QED) is 0.762. The number of ether oxygens (including phenoxy) is 2. The largest absolute Gasteiger partial charge is 0.494 e. The van der Waals surface area contributed by atoms with Crippen LogP contribution < -0.4 is 14.8 Å². The molecule has 2 aromatic rings. The topological polar surface area (TPSA) is 78.3 Å². The molecule has 0 saturated carbocycles. The van der Waals surface area contributed by atoms with Gasteiger partial charge in [0.1, 0.15) is 17.8 Å². The highest BCUT2D eigenvalue weighted by atomic mass is 16.5. The molecule has 1 N–H and O–H groups in total. The van der Waals surface area contributed by atoms with Gasteiger partial charge in [-0.15, -0.1) is 10.2 Å². The van der Waals surface area contributed by atoms with E-state index in [-0.39, 0.29) is 18.6 Å². The van der Waals surface area contributed by atoms with Crippen LogP contribution in [0, 0.1) is 0 Å². The van der Waals surface area contributed by atoms with Gasteiger partial charge in [0, 0.05) is 6.04 Å². The summed E-state index contributed by atoms with van der Waals surface area (Å²) in [6.07, 6.45) is 2.62. The van der Waals surface area contributed by atoms with Crippen molar-refractivity contribution in [2.75, 3.05) is 13.2 Å². The molecule has 0 bridgehead atoms. The summed E-state index contributed by atoms with van der Waals surface area (Å²) in [4.78, 5) is 11.9. The number of carbonyl (C=O) groups is 1. The van der Waals surface area contributed by atoms with E-state index in [0.717, 1.165) is 18.0 Å². The summed E-state index contributed by atoms with van der Waals surface area (Å²) in [5.74, 6) is 1.93. The van der Waals surface area contributed by atoms with Gasteiger partial charge in [-0.2, -0.15) is 0 Å². The first-order valence-electron chi connectivity index (χ1n) is 8.11. The van der Waals surface area contributed by atoms with Gasteiger partial charge in [-0.25, -0.2) is 0 Å². The van der Waals surface area contributed by atoms with Crippen molar-refractivity contribution >= 4 is 5.91 Å². The van der Waals surface area contributed by atoms with Gasteiger partial charge in [-0.3, -0.25) is 4.79 Å². The molecule has 1 heterocycles. The Morgan fingerprint density at radius 1 is 1.21 bits per heavy atom. The van der Waals surface area contributed by atoms with E-state index in [4.69, 9.17) is 9.47 Å². The fourth-order valence-electron chi connectivity index (χ4n) is 2.05. The molecular weight excluding hydrogens is 308 g/mol. The maximum absolute atomic E-state index is 11.9. The van der Waals surface area contributed by atoms with E-state index in [1.54, 1.807) is 18.5 Å². The van der Waals surface area contributed by atoms with E-state index in [1.807, 2.05) is 30.5 Å². The van der Waals surface area contributed by atoms with Gasteiger partial charge in [0.05, 0.1) is 13.2 Å². The second-order valence-corrected chi connectivity index (χ2v) is 5.63. The molecule has 1 aromatic carbocycles. The normalized spacial score (nSPS) is 10.7. The molecule has 130 valence electrons. The Morgan fingerprint density at radius 3 is 2.50 bits per heavy atom. The average Bonchev–Trinajstić information content (AvgIpc) is 3.06. The van der Waals surface area contributed by atoms with Gasteiger partial charge in [0.25, 0.3) is 5.91 Å². The maximum Gasteiger partial charge on any atom is 0.258 e. The number of nitrogens with one attached hydrogen (secondary N) is 1. The lowest BCUT2D eigenvalue weighted by Gasteiger charge is -2.11. The third-order valence-corrected chi connectivity index (χ3v) is 3.31. The van der Waals surface area contributed by atoms with Gasteiger partial charge >= 0.3 is 0 Å². The third kappa shape index (κ3) is 5.26. The minimum atomic E-state index is -0.209. The number of benzene rings is 1. The van der Waals surface area contributed by atoms with Gasteiger partial charge in [-0.05, 0) is 44.5 Å². The van der Waals surface area contributed by atoms with E-state index >= 15 is 0 Å². The Morgan fingerprint density at radius 2 is 1.88 bits per heavy atom. The van der Waals surface area contributed by atoms with E-state index < -0.39 is 0 Å². The molecule has 0 aliphatic heterocycles. The zero-order valence-corrected chi connectivity index (χ0v) is 14.4. The van der Waals surface area contributed by atoms with Gasteiger partial charge in [0.2, 0.25) is 0 Å². The summed E-state index contributed by atoms with van der Waals surface area (Å²) < 4.78 is 12.9. The number of hydrogen-bond acceptors (Lipinski definition) is 5. The van der Waals surface area contributed by atoms with Crippen LogP contribution in [0.3, 0.4) is 0 Å². The molecule has 0 unspecified atom stereocenters. The molecule has 0 spiro atoms. The van der Waals surface area contributed by atoms with Crippen LogP contribution >= 0.6 is 0 Å². The van der Waals surface area contributed by atoms with Crippen LogP contribution in [0.2, 0.25) is 0 Å². The van der Waals surface area contributed by atoms with Crippen LogP contribution in [0.15, 0.2) is 30.6 Å². The van der Waals surface area contributed by atoms with Crippen molar-refractivity contribution in [2.45, 2.75) is 39.8 Å². The molecule has 0 aliphatic rings. The number of amides is 1. The first-order chi connectivity index (χ1) is 11.6. The van der Waals surface area contributed by atoms with E-state index in [9.17, 15) is 4.79 Å². The average molecular weight is 332 g/mol. The van der Waals surface area contributed by atoms with E-state index in [1.165, 1.54) is 0 Å². The lowest BCUT2D eigenvalue weighted by atomic mass is 10.3. The molecule has 0 saturated heterocycles. The Kier molecular flexibility index (Phi) is 6.60. The first kappa shape index (κ1) is 17.8. The highest BCUT2D eigenvalue weighted by molar-refractivity contribution is 5.77. The summed E-state index contributed by atoms with van der Waals surface area (Å²) in [7, 11) is 0. The minimum absolute atomic E-state index is 0.0506. The molecule has 0 atom stereocenters. The fraction of sp³-hybridized carbons (Fsp3) is 0.471. The van der Waals surface area contributed by atoms with Crippen molar-refractivity contribution in [3.05, 3.63) is 36.4 Å². The smallest absolute Gasteiger partial charge is 0.258 e. The summed E-state index contributed by atoms with van der Waals surface area (Å²) >= 11 is 0. The molecule has 1 aromatic heterocycles. The number of nitrogens with zero attached hydrogens (tertiary/aromatic N) is 3. The number of aromatic nitrogens is 3. The van der Waals surface area contributed by atoms with Crippen LogP contribution in [0.1, 0.15) is 39.1 Å². The highest BCUT2D eigenvalue weighted by Crippen LogP contribution is 2.17. The Balaban J connectivity index is 1.75. The van der Waals surface area contributed by atoms with Crippen LogP contribution in [-0.4, -0.2) is 33.9 Å². The Labute approximate surface area is 142 Å². The minimum Gasteiger partial charge on any atom is -0.494 e. The number of carbonyl (C=O) groups excluding carboxylic acids is 1. The summed E-state index contributed by atoms with van der Waals surface area (Å²) in [5.41, 5.74) is 0. The summed E-state index contributed by atoms with van der Waals surface area (Å²) in [6, 6.07) is 7.47. The molecule has 7 heteroatoms.